The van der Waals surface area contributed by atoms with Crippen LogP contribution in [-0.2, 0) is 38.0 Å². The van der Waals surface area contributed by atoms with E-state index in [0.29, 0.717) is 12.8 Å². The molecule has 15 nitrogen and oxygen atoms in total. The molecule has 2 rings (SSSR count). The Morgan fingerprint density at radius 3 is 1.38 bits per heavy atom. The highest BCUT2D eigenvalue weighted by Gasteiger charge is 2.47. The Balaban J connectivity index is 1.76. The summed E-state index contributed by atoms with van der Waals surface area (Å²) >= 11 is 0. The number of hydrogen-bond acceptors (Lipinski definition) is 15. The molecule has 11 atom stereocenters. The van der Waals surface area contributed by atoms with Crippen LogP contribution in [0.5, 0.6) is 0 Å². The van der Waals surface area contributed by atoms with Gasteiger partial charge in [0.1, 0.15) is 55.4 Å². The maximum Gasteiger partial charge on any atom is 0.306 e. The van der Waals surface area contributed by atoms with Crippen LogP contribution in [0, 0.1) is 0 Å². The molecule has 0 amide bonds. The van der Waals surface area contributed by atoms with Crippen molar-refractivity contribution in [1.82, 2.24) is 0 Å². The Morgan fingerprint density at radius 2 is 0.873 bits per heavy atom. The van der Waals surface area contributed by atoms with Gasteiger partial charge in [-0.2, -0.15) is 0 Å². The summed E-state index contributed by atoms with van der Waals surface area (Å²) < 4.78 is 33.5. The van der Waals surface area contributed by atoms with E-state index in [-0.39, 0.29) is 19.4 Å². The number of ether oxygens (including phenoxy) is 6. The van der Waals surface area contributed by atoms with Gasteiger partial charge in [-0.3, -0.25) is 9.59 Å². The molecular weight excluding hydrogens is 913 g/mol. The highest BCUT2D eigenvalue weighted by molar-refractivity contribution is 5.70. The predicted octanol–water partition coefficient (Wildman–Crippen LogP) is 8.88. The monoisotopic (exact) mass is 1010 g/mol. The highest BCUT2D eigenvalue weighted by atomic mass is 16.7. The summed E-state index contributed by atoms with van der Waals surface area (Å²) in [5.41, 5.74) is 0. The lowest BCUT2D eigenvalue weighted by molar-refractivity contribution is -0.332. The first kappa shape index (κ1) is 64.8. The second kappa shape index (κ2) is 43.0. The average molecular weight is 1010 g/mol. The molecule has 2 fully saturated rings. The topological polar surface area (TPSA) is 231 Å². The zero-order valence-electron chi connectivity index (χ0n) is 44.0. The number of carbonyl (C=O) groups excluding carboxylic acids is 2. The van der Waals surface area contributed by atoms with Gasteiger partial charge < -0.3 is 64.2 Å². The number of rotatable bonds is 44. The highest BCUT2D eigenvalue weighted by Crippen LogP contribution is 2.26. The molecule has 0 saturated carbocycles. The average Bonchev–Trinajstić information content (AvgIpc) is 3.36. The fraction of sp³-hybridized carbons (Fsp3) is 0.857. The lowest BCUT2D eigenvalue weighted by Gasteiger charge is -2.42. The number of carbonyl (C=O) groups is 2. The molecule has 0 aliphatic carbocycles. The normalized spacial score (nSPS) is 25.4. The van der Waals surface area contributed by atoms with Gasteiger partial charge in [-0.25, -0.2) is 0 Å². The SMILES string of the molecule is CCCCCCCC/C=C/C/C=C/CCC(=O)OC(COC(=O)CCCCCCCCC/C=C/CCCCCCCCCCCCC)CO[C@@H]1O[C@H](CO[C@@H]2O[C@H](CO)[C@H](O)C(O)C2O)[C@H](O)C(O)C1O. The molecule has 2 heterocycles. The van der Waals surface area contributed by atoms with E-state index < -0.39 is 99.3 Å². The van der Waals surface area contributed by atoms with Crippen LogP contribution in [0.15, 0.2) is 36.5 Å². The summed E-state index contributed by atoms with van der Waals surface area (Å²) in [5.74, 6) is -1.00. The van der Waals surface area contributed by atoms with E-state index in [9.17, 15) is 45.3 Å². The summed E-state index contributed by atoms with van der Waals surface area (Å²) in [6.07, 6.45) is 30.5. The second-order valence-corrected chi connectivity index (χ2v) is 19.8. The maximum absolute atomic E-state index is 13.0. The number of allylic oxidation sites excluding steroid dienone is 6. The van der Waals surface area contributed by atoms with Crippen molar-refractivity contribution in [3.05, 3.63) is 36.5 Å². The molecule has 0 aromatic carbocycles. The molecule has 414 valence electrons. The van der Waals surface area contributed by atoms with Crippen LogP contribution in [0.25, 0.3) is 0 Å². The molecule has 2 aliphatic rings. The lowest BCUT2D eigenvalue weighted by Crippen LogP contribution is -2.61. The van der Waals surface area contributed by atoms with Crippen LogP contribution in [0.2, 0.25) is 0 Å². The van der Waals surface area contributed by atoms with Crippen LogP contribution in [0.3, 0.4) is 0 Å². The van der Waals surface area contributed by atoms with Crippen molar-refractivity contribution in [2.75, 3.05) is 26.4 Å². The summed E-state index contributed by atoms with van der Waals surface area (Å²) in [7, 11) is 0. The smallest absolute Gasteiger partial charge is 0.306 e. The van der Waals surface area contributed by atoms with Crippen molar-refractivity contribution in [3.63, 3.8) is 0 Å². The van der Waals surface area contributed by atoms with E-state index in [2.05, 4.69) is 38.2 Å². The summed E-state index contributed by atoms with van der Waals surface area (Å²) in [6.45, 7) is 2.54. The molecule has 0 aromatic rings. The lowest BCUT2D eigenvalue weighted by atomic mass is 9.98. The second-order valence-electron chi connectivity index (χ2n) is 19.8. The molecule has 0 aromatic heterocycles. The molecule has 7 N–H and O–H groups in total. The molecule has 2 aliphatic heterocycles. The minimum Gasteiger partial charge on any atom is -0.462 e. The van der Waals surface area contributed by atoms with Crippen LogP contribution in [-0.4, -0.2) is 142 Å². The minimum atomic E-state index is -1.77. The van der Waals surface area contributed by atoms with Gasteiger partial charge in [-0.15, -0.1) is 0 Å². The Hall–Kier alpha value is -2.28. The van der Waals surface area contributed by atoms with Gasteiger partial charge >= 0.3 is 11.9 Å². The number of aliphatic hydroxyl groups is 7. The Bertz CT molecular complexity index is 1380. The zero-order valence-corrected chi connectivity index (χ0v) is 44.0. The standard InChI is InChI=1S/C56H100O15/c1-3-5-7-9-11-13-15-17-18-19-20-21-22-23-24-25-27-28-30-32-34-36-38-47(58)66-41-44(69-48(59)39-37-35-33-31-29-26-16-14-12-10-8-6-4-2)42-67-55-54(65)52(63)50(61)46(71-55)43-68-56-53(64)51(62)49(60)45(40-57)70-56/h22-23,26,29,33,35,44-46,49-57,60-65H,3-21,24-25,27-28,30-32,34,36-43H2,1-2H3/b23-22+,29-26+,35-33+/t44?,45-,46-,49+,50+,51?,52?,53?,54?,55-,56-/m1/s1. The van der Waals surface area contributed by atoms with Gasteiger partial charge in [0.05, 0.1) is 19.8 Å². The molecular formula is C56H100O15. The molecule has 5 unspecified atom stereocenters. The van der Waals surface area contributed by atoms with Gasteiger partial charge in [0.15, 0.2) is 18.7 Å². The van der Waals surface area contributed by atoms with E-state index in [1.54, 1.807) is 0 Å². The molecule has 0 radical (unpaired) electrons. The summed E-state index contributed by atoms with van der Waals surface area (Å²) in [6, 6.07) is 0. The fourth-order valence-electron chi connectivity index (χ4n) is 8.74. The van der Waals surface area contributed by atoms with Crippen molar-refractivity contribution in [1.29, 1.82) is 0 Å². The quantitative estimate of drug-likeness (QED) is 0.0172. The Morgan fingerprint density at radius 1 is 0.451 bits per heavy atom. The van der Waals surface area contributed by atoms with Crippen molar-refractivity contribution in [2.24, 2.45) is 0 Å². The van der Waals surface area contributed by atoms with Crippen molar-refractivity contribution >= 4 is 11.9 Å². The van der Waals surface area contributed by atoms with Crippen molar-refractivity contribution in [3.8, 4) is 0 Å². The van der Waals surface area contributed by atoms with Crippen LogP contribution >= 0.6 is 0 Å². The third kappa shape index (κ3) is 30.6. The minimum absolute atomic E-state index is 0.0590. The zero-order chi connectivity index (χ0) is 51.7. The van der Waals surface area contributed by atoms with Crippen LogP contribution < -0.4 is 0 Å². The van der Waals surface area contributed by atoms with Gasteiger partial charge in [-0.1, -0.05) is 179 Å². The predicted molar refractivity (Wildman–Crippen MR) is 275 cm³/mol. The molecule has 0 bridgehead atoms. The Kier molecular flexibility index (Phi) is 39.3. The molecule has 0 spiro atoms. The van der Waals surface area contributed by atoms with Crippen LogP contribution in [0.4, 0.5) is 0 Å². The van der Waals surface area contributed by atoms with Gasteiger partial charge in [0, 0.05) is 12.8 Å². The largest absolute Gasteiger partial charge is 0.462 e. The van der Waals surface area contributed by atoms with E-state index in [1.165, 1.54) is 128 Å². The number of esters is 2. The molecule has 15 heteroatoms. The van der Waals surface area contributed by atoms with Gasteiger partial charge in [0.25, 0.3) is 0 Å². The first-order valence-electron chi connectivity index (χ1n) is 28.1. The van der Waals surface area contributed by atoms with Crippen molar-refractivity contribution < 1.29 is 73.8 Å². The Labute approximate surface area is 427 Å². The van der Waals surface area contributed by atoms with E-state index in [1.807, 2.05) is 12.2 Å². The van der Waals surface area contributed by atoms with Gasteiger partial charge in [-0.05, 0) is 57.8 Å². The molecule has 71 heavy (non-hydrogen) atoms. The third-order valence-corrected chi connectivity index (χ3v) is 13.4. The summed E-state index contributed by atoms with van der Waals surface area (Å²) in [5, 5.41) is 72.1. The number of aliphatic hydroxyl groups excluding tert-OH is 7. The number of unbranched alkanes of at least 4 members (excludes halogenated alkanes) is 24. The fourth-order valence-corrected chi connectivity index (χ4v) is 8.74. The third-order valence-electron chi connectivity index (χ3n) is 13.4. The summed E-state index contributed by atoms with van der Waals surface area (Å²) in [4.78, 5) is 25.8. The van der Waals surface area contributed by atoms with Gasteiger partial charge in [0.2, 0.25) is 0 Å². The first-order chi connectivity index (χ1) is 34.5. The molecule has 2 saturated heterocycles. The number of hydrogen-bond donors (Lipinski definition) is 7. The van der Waals surface area contributed by atoms with E-state index >= 15 is 0 Å². The van der Waals surface area contributed by atoms with E-state index in [0.717, 1.165) is 44.9 Å². The first-order valence-corrected chi connectivity index (χ1v) is 28.1. The van der Waals surface area contributed by atoms with Crippen LogP contribution in [0.1, 0.15) is 213 Å². The van der Waals surface area contributed by atoms with E-state index in [4.69, 9.17) is 28.4 Å². The van der Waals surface area contributed by atoms with Crippen molar-refractivity contribution in [2.45, 2.75) is 280 Å². The maximum atomic E-state index is 13.0.